The van der Waals surface area contributed by atoms with Crippen LogP contribution in [0, 0.1) is 0 Å². The smallest absolute Gasteiger partial charge is 0.248 e. The van der Waals surface area contributed by atoms with Crippen LogP contribution in [-0.2, 0) is 11.3 Å². The lowest BCUT2D eigenvalue weighted by atomic mass is 10.1. The zero-order chi connectivity index (χ0) is 14.6. The Labute approximate surface area is 126 Å². The molecular formula is C14H18BrN3O2. The van der Waals surface area contributed by atoms with Gasteiger partial charge in [0.25, 0.3) is 0 Å². The van der Waals surface area contributed by atoms with Gasteiger partial charge in [-0.3, -0.25) is 0 Å². The summed E-state index contributed by atoms with van der Waals surface area (Å²) in [7, 11) is 1.69. The molecule has 0 amide bonds. The van der Waals surface area contributed by atoms with Gasteiger partial charge in [0.1, 0.15) is 0 Å². The van der Waals surface area contributed by atoms with Crippen molar-refractivity contribution in [1.29, 1.82) is 0 Å². The van der Waals surface area contributed by atoms with Crippen LogP contribution in [0.5, 0.6) is 0 Å². The first-order valence-corrected chi connectivity index (χ1v) is 7.14. The molecule has 0 bridgehead atoms. The third kappa shape index (κ3) is 3.88. The fourth-order valence-corrected chi connectivity index (χ4v) is 2.07. The lowest BCUT2D eigenvalue weighted by molar-refractivity contribution is 0.0227. The van der Waals surface area contributed by atoms with E-state index in [1.165, 1.54) is 0 Å². The number of benzene rings is 1. The Balaban J connectivity index is 1.98. The molecule has 1 aromatic heterocycles. The highest BCUT2D eigenvalue weighted by atomic mass is 79.9. The summed E-state index contributed by atoms with van der Waals surface area (Å²) < 4.78 is 11.9. The van der Waals surface area contributed by atoms with Crippen LogP contribution >= 0.6 is 15.9 Å². The van der Waals surface area contributed by atoms with Crippen molar-refractivity contribution >= 4 is 15.9 Å². The first kappa shape index (κ1) is 15.2. The minimum Gasteiger partial charge on any atom is -0.419 e. The quantitative estimate of drug-likeness (QED) is 0.876. The van der Waals surface area contributed by atoms with Crippen LogP contribution in [0.15, 0.2) is 33.2 Å². The molecular weight excluding hydrogens is 322 g/mol. The number of halogens is 1. The molecule has 1 aromatic carbocycles. The lowest BCUT2D eigenvalue weighted by Gasteiger charge is -2.22. The van der Waals surface area contributed by atoms with Gasteiger partial charge in [0.05, 0.1) is 17.7 Å². The van der Waals surface area contributed by atoms with Crippen molar-refractivity contribution in [1.82, 2.24) is 15.5 Å². The predicted octanol–water partition coefficient (Wildman–Crippen LogP) is 3.01. The van der Waals surface area contributed by atoms with Crippen LogP contribution in [0.25, 0.3) is 11.5 Å². The number of methoxy groups -OCH3 is 1. The summed E-state index contributed by atoms with van der Waals surface area (Å²) in [5, 5.41) is 11.3. The van der Waals surface area contributed by atoms with E-state index in [9.17, 15) is 0 Å². The highest BCUT2D eigenvalue weighted by Crippen LogP contribution is 2.26. The van der Waals surface area contributed by atoms with Crippen LogP contribution in [0.4, 0.5) is 0 Å². The molecule has 0 unspecified atom stereocenters. The summed E-state index contributed by atoms with van der Waals surface area (Å²) in [5.74, 6) is 1.07. The van der Waals surface area contributed by atoms with E-state index in [1.807, 2.05) is 38.1 Å². The average molecular weight is 340 g/mol. The first-order valence-electron chi connectivity index (χ1n) is 6.35. The SMILES string of the molecule is COC(C)(C)CNCc1nnc(-c2ccccc2Br)o1. The fraction of sp³-hybridized carbons (Fsp3) is 0.429. The average Bonchev–Trinajstić information content (AvgIpc) is 2.88. The number of hydrogen-bond donors (Lipinski definition) is 1. The monoisotopic (exact) mass is 339 g/mol. The number of aromatic nitrogens is 2. The van der Waals surface area contributed by atoms with Crippen molar-refractivity contribution in [3.8, 4) is 11.5 Å². The number of nitrogens with zero attached hydrogens (tertiary/aromatic N) is 2. The zero-order valence-electron chi connectivity index (χ0n) is 11.8. The minimum atomic E-state index is -0.217. The van der Waals surface area contributed by atoms with Gasteiger partial charge in [-0.1, -0.05) is 12.1 Å². The summed E-state index contributed by atoms with van der Waals surface area (Å²) >= 11 is 3.47. The van der Waals surface area contributed by atoms with E-state index in [-0.39, 0.29) is 5.60 Å². The molecule has 108 valence electrons. The van der Waals surface area contributed by atoms with Gasteiger partial charge in [0, 0.05) is 18.1 Å². The highest BCUT2D eigenvalue weighted by Gasteiger charge is 2.16. The van der Waals surface area contributed by atoms with Crippen molar-refractivity contribution in [2.75, 3.05) is 13.7 Å². The molecule has 2 aromatic rings. The Kier molecular flexibility index (Phi) is 4.91. The van der Waals surface area contributed by atoms with Crippen LogP contribution in [-0.4, -0.2) is 29.5 Å². The summed E-state index contributed by atoms with van der Waals surface area (Å²) in [5.41, 5.74) is 0.675. The van der Waals surface area contributed by atoms with Gasteiger partial charge in [-0.05, 0) is 41.9 Å². The van der Waals surface area contributed by atoms with Gasteiger partial charge in [0.15, 0.2) is 0 Å². The van der Waals surface area contributed by atoms with Gasteiger partial charge in [0.2, 0.25) is 11.8 Å². The van der Waals surface area contributed by atoms with E-state index in [0.717, 1.165) is 10.0 Å². The third-order valence-electron chi connectivity index (χ3n) is 2.95. The Morgan fingerprint density at radius 2 is 2.05 bits per heavy atom. The first-order chi connectivity index (χ1) is 9.52. The van der Waals surface area contributed by atoms with Crippen molar-refractivity contribution in [3.63, 3.8) is 0 Å². The molecule has 2 rings (SSSR count). The summed E-state index contributed by atoms with van der Waals surface area (Å²) in [4.78, 5) is 0. The number of hydrogen-bond acceptors (Lipinski definition) is 5. The largest absolute Gasteiger partial charge is 0.419 e. The van der Waals surface area contributed by atoms with Crippen molar-refractivity contribution in [3.05, 3.63) is 34.6 Å². The third-order valence-corrected chi connectivity index (χ3v) is 3.64. The molecule has 0 saturated carbocycles. The Morgan fingerprint density at radius 3 is 2.75 bits per heavy atom. The van der Waals surface area contributed by atoms with Gasteiger partial charge < -0.3 is 14.5 Å². The van der Waals surface area contributed by atoms with E-state index >= 15 is 0 Å². The van der Waals surface area contributed by atoms with E-state index in [1.54, 1.807) is 7.11 Å². The zero-order valence-corrected chi connectivity index (χ0v) is 13.4. The molecule has 1 N–H and O–H groups in total. The van der Waals surface area contributed by atoms with Gasteiger partial charge in [-0.2, -0.15) is 0 Å². The molecule has 0 saturated heterocycles. The Hall–Kier alpha value is -1.24. The lowest BCUT2D eigenvalue weighted by Crippen LogP contribution is -2.36. The predicted molar refractivity (Wildman–Crippen MR) is 80.2 cm³/mol. The second-order valence-electron chi connectivity index (χ2n) is 5.05. The number of ether oxygens (including phenoxy) is 1. The second-order valence-corrected chi connectivity index (χ2v) is 5.90. The summed E-state index contributed by atoms with van der Waals surface area (Å²) in [6, 6.07) is 7.75. The molecule has 20 heavy (non-hydrogen) atoms. The topological polar surface area (TPSA) is 60.2 Å². The molecule has 5 nitrogen and oxygen atoms in total. The van der Waals surface area contributed by atoms with Crippen LogP contribution < -0.4 is 5.32 Å². The molecule has 0 radical (unpaired) electrons. The van der Waals surface area contributed by atoms with Crippen molar-refractivity contribution in [2.45, 2.75) is 26.0 Å². The molecule has 1 heterocycles. The van der Waals surface area contributed by atoms with Gasteiger partial charge in [-0.25, -0.2) is 0 Å². The summed E-state index contributed by atoms with van der Waals surface area (Å²) in [6.45, 7) is 5.25. The van der Waals surface area contributed by atoms with Crippen molar-refractivity contribution in [2.24, 2.45) is 0 Å². The van der Waals surface area contributed by atoms with Crippen LogP contribution in [0.1, 0.15) is 19.7 Å². The molecule has 0 atom stereocenters. The molecule has 0 aliphatic heterocycles. The second kappa shape index (κ2) is 6.47. The van der Waals surface area contributed by atoms with Crippen LogP contribution in [0.2, 0.25) is 0 Å². The van der Waals surface area contributed by atoms with E-state index in [0.29, 0.717) is 24.9 Å². The molecule has 0 aliphatic carbocycles. The number of nitrogens with one attached hydrogen (secondary N) is 1. The minimum absolute atomic E-state index is 0.217. The van der Waals surface area contributed by atoms with E-state index in [2.05, 4.69) is 31.4 Å². The van der Waals surface area contributed by atoms with Crippen molar-refractivity contribution < 1.29 is 9.15 Å². The van der Waals surface area contributed by atoms with Gasteiger partial charge in [-0.15, -0.1) is 10.2 Å². The standard InChI is InChI=1S/C14H18BrN3O2/c1-14(2,19-3)9-16-8-12-17-18-13(20-12)10-6-4-5-7-11(10)15/h4-7,16H,8-9H2,1-3H3. The molecule has 0 fully saturated rings. The fourth-order valence-electron chi connectivity index (χ4n) is 1.61. The molecule has 0 aliphatic rings. The van der Waals surface area contributed by atoms with E-state index < -0.39 is 0 Å². The maximum Gasteiger partial charge on any atom is 0.248 e. The Bertz CT molecular complexity index is 569. The number of rotatable bonds is 6. The van der Waals surface area contributed by atoms with E-state index in [4.69, 9.17) is 9.15 Å². The van der Waals surface area contributed by atoms with Gasteiger partial charge >= 0.3 is 0 Å². The molecule has 6 heteroatoms. The Morgan fingerprint density at radius 1 is 1.30 bits per heavy atom. The maximum atomic E-state index is 5.64. The van der Waals surface area contributed by atoms with Crippen LogP contribution in [0.3, 0.4) is 0 Å². The highest BCUT2D eigenvalue weighted by molar-refractivity contribution is 9.10. The normalized spacial score (nSPS) is 11.8. The summed E-state index contributed by atoms with van der Waals surface area (Å²) in [6.07, 6.45) is 0. The maximum absolute atomic E-state index is 5.64. The molecule has 0 spiro atoms.